The summed E-state index contributed by atoms with van der Waals surface area (Å²) in [5, 5.41) is 13.8. The maximum Gasteiger partial charge on any atom is 0.338 e. The van der Waals surface area contributed by atoms with Crippen LogP contribution < -0.4 is 5.32 Å². The number of thiophene rings is 1. The van der Waals surface area contributed by atoms with Crippen LogP contribution in [0, 0.1) is 0 Å². The third-order valence-electron chi connectivity index (χ3n) is 3.86. The van der Waals surface area contributed by atoms with Crippen LogP contribution >= 0.6 is 11.3 Å². The number of carbonyl (C=O) groups excluding carboxylic acids is 1. The summed E-state index contributed by atoms with van der Waals surface area (Å²) >= 11 is 1.22. The number of carbonyl (C=O) groups is 2. The van der Waals surface area contributed by atoms with E-state index in [2.05, 4.69) is 5.32 Å². The molecule has 2 heterocycles. The van der Waals surface area contributed by atoms with Gasteiger partial charge in [-0.15, -0.1) is 11.3 Å². The Bertz CT molecular complexity index is 530. The first kappa shape index (κ1) is 13.4. The van der Waals surface area contributed by atoms with Crippen molar-refractivity contribution in [3.05, 3.63) is 17.0 Å². The van der Waals surface area contributed by atoms with Crippen molar-refractivity contribution in [1.82, 2.24) is 4.90 Å². The molecule has 3 rings (SSSR count). The van der Waals surface area contributed by atoms with Gasteiger partial charge in [0.15, 0.2) is 0 Å². The maximum atomic E-state index is 12.4. The number of carboxylic acid groups (broad SMARTS) is 1. The molecule has 20 heavy (non-hydrogen) atoms. The van der Waals surface area contributed by atoms with E-state index >= 15 is 0 Å². The first-order valence-electron chi connectivity index (χ1n) is 6.67. The van der Waals surface area contributed by atoms with Crippen molar-refractivity contribution < 1.29 is 19.4 Å². The van der Waals surface area contributed by atoms with Gasteiger partial charge >= 0.3 is 12.0 Å². The molecule has 7 heteroatoms. The van der Waals surface area contributed by atoms with Crippen LogP contribution in [0.25, 0.3) is 0 Å². The summed E-state index contributed by atoms with van der Waals surface area (Å²) in [5.74, 6) is -1.03. The van der Waals surface area contributed by atoms with Gasteiger partial charge in [-0.3, -0.25) is 5.32 Å². The second kappa shape index (κ2) is 5.41. The fraction of sp³-hybridized carbons (Fsp3) is 0.538. The Morgan fingerprint density at radius 3 is 3.10 bits per heavy atom. The van der Waals surface area contributed by atoms with Gasteiger partial charge in [0.25, 0.3) is 0 Å². The molecule has 6 nitrogen and oxygen atoms in total. The lowest BCUT2D eigenvalue weighted by Crippen LogP contribution is -2.52. The summed E-state index contributed by atoms with van der Waals surface area (Å²) in [6.45, 7) is 1.10. The molecular formula is C13H16N2O4S. The zero-order chi connectivity index (χ0) is 14.1. The number of rotatable bonds is 2. The average molecular weight is 296 g/mol. The fourth-order valence-corrected chi connectivity index (χ4v) is 3.69. The summed E-state index contributed by atoms with van der Waals surface area (Å²) in [6, 6.07) is 1.40. The van der Waals surface area contributed by atoms with Crippen LogP contribution in [0.3, 0.4) is 0 Å². The van der Waals surface area contributed by atoms with E-state index in [1.165, 1.54) is 17.4 Å². The van der Waals surface area contributed by atoms with Gasteiger partial charge in [0, 0.05) is 6.54 Å². The third-order valence-corrected chi connectivity index (χ3v) is 4.69. The Labute approximate surface area is 120 Å². The number of nitrogens with one attached hydrogen (secondary N) is 1. The molecule has 2 N–H and O–H groups in total. The number of hydrogen-bond acceptors (Lipinski definition) is 4. The van der Waals surface area contributed by atoms with Crippen molar-refractivity contribution in [2.75, 3.05) is 18.5 Å². The summed E-state index contributed by atoms with van der Waals surface area (Å²) in [6.07, 6.45) is 3.15. The van der Waals surface area contributed by atoms with Crippen LogP contribution in [0.15, 0.2) is 11.4 Å². The van der Waals surface area contributed by atoms with Crippen LogP contribution in [0.4, 0.5) is 9.80 Å². The number of urea groups is 1. The molecule has 2 aliphatic rings. The summed E-state index contributed by atoms with van der Waals surface area (Å²) in [5.41, 5.74) is 0.139. The summed E-state index contributed by atoms with van der Waals surface area (Å²) < 4.78 is 5.67. The Morgan fingerprint density at radius 2 is 2.30 bits per heavy atom. The van der Waals surface area contributed by atoms with E-state index in [0.717, 1.165) is 19.3 Å². The molecule has 0 aromatic carbocycles. The number of carboxylic acids is 1. The highest BCUT2D eigenvalue weighted by atomic mass is 32.1. The van der Waals surface area contributed by atoms with Crippen molar-refractivity contribution >= 4 is 28.3 Å². The highest BCUT2D eigenvalue weighted by molar-refractivity contribution is 7.14. The number of amides is 2. The molecule has 2 unspecified atom stereocenters. The maximum absolute atomic E-state index is 12.4. The first-order valence-corrected chi connectivity index (χ1v) is 7.55. The molecule has 1 aliphatic heterocycles. The molecule has 1 saturated heterocycles. The molecule has 2 amide bonds. The van der Waals surface area contributed by atoms with Gasteiger partial charge in [-0.05, 0) is 30.7 Å². The van der Waals surface area contributed by atoms with E-state index in [0.29, 0.717) is 18.2 Å². The van der Waals surface area contributed by atoms with Crippen molar-refractivity contribution in [2.45, 2.75) is 31.4 Å². The Balaban J connectivity index is 1.72. The van der Waals surface area contributed by atoms with Gasteiger partial charge in [-0.2, -0.15) is 0 Å². The van der Waals surface area contributed by atoms with Gasteiger partial charge in [-0.25, -0.2) is 9.59 Å². The minimum Gasteiger partial charge on any atom is -0.478 e. The van der Waals surface area contributed by atoms with Crippen molar-refractivity contribution in [2.24, 2.45) is 0 Å². The van der Waals surface area contributed by atoms with Crippen molar-refractivity contribution in [3.8, 4) is 0 Å². The van der Waals surface area contributed by atoms with Crippen molar-refractivity contribution in [1.29, 1.82) is 0 Å². The van der Waals surface area contributed by atoms with Crippen molar-refractivity contribution in [3.63, 3.8) is 0 Å². The van der Waals surface area contributed by atoms with Gasteiger partial charge in [0.2, 0.25) is 0 Å². The molecule has 2 atom stereocenters. The molecule has 0 radical (unpaired) electrons. The second-order valence-corrected chi connectivity index (χ2v) is 5.92. The fourth-order valence-electron chi connectivity index (χ4n) is 2.92. The van der Waals surface area contributed by atoms with E-state index in [-0.39, 0.29) is 23.7 Å². The van der Waals surface area contributed by atoms with Crippen LogP contribution in [0.2, 0.25) is 0 Å². The Morgan fingerprint density at radius 1 is 1.45 bits per heavy atom. The monoisotopic (exact) mass is 296 g/mol. The number of fused-ring (bicyclic) bond motifs is 1. The normalized spacial score (nSPS) is 25.3. The first-order chi connectivity index (χ1) is 9.66. The number of hydrogen-bond donors (Lipinski definition) is 2. The molecule has 2 fully saturated rings. The van der Waals surface area contributed by atoms with Crippen LogP contribution in [0.1, 0.15) is 29.6 Å². The van der Waals surface area contributed by atoms with Crippen LogP contribution in [0.5, 0.6) is 0 Å². The lowest BCUT2D eigenvalue weighted by molar-refractivity contribution is -0.0362. The highest BCUT2D eigenvalue weighted by Crippen LogP contribution is 2.31. The third kappa shape index (κ3) is 2.38. The summed E-state index contributed by atoms with van der Waals surface area (Å²) in [7, 11) is 0. The standard InChI is InChI=1S/C13H16N2O4S/c16-12(17)8-4-7-20-11(8)14-13(18)15-5-6-19-10-3-1-2-9(10)15/h4,7,9-10H,1-3,5-6H2,(H,14,18)(H,16,17). The largest absolute Gasteiger partial charge is 0.478 e. The molecule has 108 valence electrons. The zero-order valence-corrected chi connectivity index (χ0v) is 11.7. The van der Waals surface area contributed by atoms with Gasteiger partial charge in [-0.1, -0.05) is 0 Å². The molecule has 1 saturated carbocycles. The van der Waals surface area contributed by atoms with E-state index in [9.17, 15) is 9.59 Å². The molecule has 1 aliphatic carbocycles. The smallest absolute Gasteiger partial charge is 0.338 e. The van der Waals surface area contributed by atoms with E-state index in [1.54, 1.807) is 10.3 Å². The molecule has 0 bridgehead atoms. The number of ether oxygens (including phenoxy) is 1. The number of aromatic carboxylic acids is 1. The van der Waals surface area contributed by atoms with Crippen LogP contribution in [-0.4, -0.2) is 47.3 Å². The number of anilines is 1. The van der Waals surface area contributed by atoms with Gasteiger partial charge < -0.3 is 14.7 Å². The zero-order valence-electron chi connectivity index (χ0n) is 10.9. The number of morpholine rings is 1. The average Bonchev–Trinajstić information content (AvgIpc) is 3.05. The molecular weight excluding hydrogens is 280 g/mol. The quantitative estimate of drug-likeness (QED) is 0.877. The molecule has 1 aromatic heterocycles. The molecule has 1 aromatic rings. The Hall–Kier alpha value is -1.60. The predicted molar refractivity (Wildman–Crippen MR) is 74.4 cm³/mol. The van der Waals surface area contributed by atoms with E-state index < -0.39 is 5.97 Å². The Kier molecular flexibility index (Phi) is 3.62. The number of nitrogens with zero attached hydrogens (tertiary/aromatic N) is 1. The lowest BCUT2D eigenvalue weighted by Gasteiger charge is -2.37. The van der Waals surface area contributed by atoms with Crippen LogP contribution in [-0.2, 0) is 4.74 Å². The summed E-state index contributed by atoms with van der Waals surface area (Å²) in [4.78, 5) is 25.2. The lowest BCUT2D eigenvalue weighted by atomic mass is 10.1. The molecule has 0 spiro atoms. The second-order valence-electron chi connectivity index (χ2n) is 5.00. The van der Waals surface area contributed by atoms with E-state index in [1.807, 2.05) is 0 Å². The minimum absolute atomic E-state index is 0.122. The minimum atomic E-state index is -1.03. The SMILES string of the molecule is O=C(O)c1ccsc1NC(=O)N1CCOC2CCCC21. The topological polar surface area (TPSA) is 78.9 Å². The van der Waals surface area contributed by atoms with Gasteiger partial charge in [0.1, 0.15) is 5.00 Å². The van der Waals surface area contributed by atoms with E-state index in [4.69, 9.17) is 9.84 Å². The van der Waals surface area contributed by atoms with Gasteiger partial charge in [0.05, 0.1) is 24.3 Å². The predicted octanol–water partition coefficient (Wildman–Crippen LogP) is 2.23. The highest BCUT2D eigenvalue weighted by Gasteiger charge is 2.38.